The zero-order valence-electron chi connectivity index (χ0n) is 16.2. The van der Waals surface area contributed by atoms with E-state index in [1.54, 1.807) is 12.1 Å². The predicted octanol–water partition coefficient (Wildman–Crippen LogP) is 4.02. The second-order valence-corrected chi connectivity index (χ2v) is 7.57. The summed E-state index contributed by atoms with van der Waals surface area (Å²) in [7, 11) is 1.65. The second-order valence-electron chi connectivity index (χ2n) is 7.57. The van der Waals surface area contributed by atoms with Gasteiger partial charge in [0, 0.05) is 24.1 Å². The Morgan fingerprint density at radius 3 is 2.67 bits per heavy atom. The van der Waals surface area contributed by atoms with Crippen molar-refractivity contribution in [1.82, 2.24) is 5.01 Å². The zero-order chi connectivity index (χ0) is 19.4. The van der Waals surface area contributed by atoms with Gasteiger partial charge >= 0.3 is 0 Å². The van der Waals surface area contributed by atoms with Crippen molar-refractivity contribution in [3.05, 3.63) is 59.7 Å². The van der Waals surface area contributed by atoms with Crippen molar-refractivity contribution in [3.63, 3.8) is 0 Å². The van der Waals surface area contributed by atoms with Gasteiger partial charge < -0.3 is 10.5 Å². The van der Waals surface area contributed by atoms with E-state index in [2.05, 4.69) is 18.9 Å². The minimum absolute atomic E-state index is 0.0633. The summed E-state index contributed by atoms with van der Waals surface area (Å²) in [5, 5.41) is 6.31. The van der Waals surface area contributed by atoms with Crippen LogP contribution in [0, 0.1) is 0 Å². The molecule has 0 saturated heterocycles. The number of rotatable bonds is 6. The molecule has 1 aliphatic heterocycles. The first-order chi connectivity index (χ1) is 12.9. The van der Waals surface area contributed by atoms with Gasteiger partial charge in [-0.25, -0.2) is 5.01 Å². The summed E-state index contributed by atoms with van der Waals surface area (Å²) in [6.07, 6.45) is 2.85. The summed E-state index contributed by atoms with van der Waals surface area (Å²) in [5.74, 6) is 0.856. The van der Waals surface area contributed by atoms with Crippen molar-refractivity contribution < 1.29 is 9.53 Å². The van der Waals surface area contributed by atoms with Crippen LogP contribution in [0.4, 0.5) is 5.69 Å². The summed E-state index contributed by atoms with van der Waals surface area (Å²) >= 11 is 0. The molecule has 0 radical (unpaired) electrons. The molecule has 0 aliphatic carbocycles. The van der Waals surface area contributed by atoms with E-state index >= 15 is 0 Å². The van der Waals surface area contributed by atoms with Crippen LogP contribution in [0.2, 0.25) is 0 Å². The lowest BCUT2D eigenvalue weighted by Crippen LogP contribution is -2.40. The van der Waals surface area contributed by atoms with Crippen molar-refractivity contribution in [2.24, 2.45) is 5.10 Å². The molecule has 2 aromatic rings. The van der Waals surface area contributed by atoms with Crippen LogP contribution in [-0.2, 0) is 11.2 Å². The van der Waals surface area contributed by atoms with E-state index in [1.807, 2.05) is 48.5 Å². The summed E-state index contributed by atoms with van der Waals surface area (Å²) < 4.78 is 5.30. The number of carbonyl (C=O) groups is 1. The molecular formula is C22H27N3O2. The predicted molar refractivity (Wildman–Crippen MR) is 109 cm³/mol. The first kappa shape index (κ1) is 19.0. The molecular weight excluding hydrogens is 338 g/mol. The summed E-state index contributed by atoms with van der Waals surface area (Å²) in [5.41, 5.74) is 9.26. The van der Waals surface area contributed by atoms with E-state index in [9.17, 15) is 4.79 Å². The van der Waals surface area contributed by atoms with Crippen molar-refractivity contribution in [2.75, 3.05) is 12.8 Å². The lowest BCUT2D eigenvalue weighted by Gasteiger charge is -2.28. The minimum Gasteiger partial charge on any atom is -0.497 e. The number of nitrogens with zero attached hydrogens (tertiary/aromatic N) is 2. The van der Waals surface area contributed by atoms with E-state index in [0.717, 1.165) is 42.0 Å². The molecule has 27 heavy (non-hydrogen) atoms. The fraction of sp³-hybridized carbons (Fsp3) is 0.364. The number of nitrogens with two attached hydrogens (primary N) is 1. The number of aryl methyl sites for hydroxylation is 1. The van der Waals surface area contributed by atoms with Gasteiger partial charge in [0.2, 0.25) is 5.91 Å². The summed E-state index contributed by atoms with van der Waals surface area (Å²) in [6, 6.07) is 15.6. The minimum atomic E-state index is -0.323. The molecule has 1 heterocycles. The fourth-order valence-electron chi connectivity index (χ4n) is 3.37. The van der Waals surface area contributed by atoms with Crippen molar-refractivity contribution in [3.8, 4) is 5.75 Å². The topological polar surface area (TPSA) is 67.9 Å². The van der Waals surface area contributed by atoms with Crippen LogP contribution in [-0.4, -0.2) is 29.3 Å². The molecule has 2 aromatic carbocycles. The number of ether oxygens (including phenoxy) is 1. The van der Waals surface area contributed by atoms with E-state index in [0.29, 0.717) is 6.42 Å². The highest BCUT2D eigenvalue weighted by Gasteiger charge is 2.38. The molecule has 1 aliphatic rings. The van der Waals surface area contributed by atoms with E-state index in [1.165, 1.54) is 5.56 Å². The molecule has 0 atom stereocenters. The number of amides is 1. The maximum atomic E-state index is 12.8. The molecule has 5 nitrogen and oxygen atoms in total. The number of benzene rings is 2. The molecule has 1 amide bonds. The molecule has 142 valence electrons. The van der Waals surface area contributed by atoms with Gasteiger partial charge in [-0.1, -0.05) is 24.3 Å². The maximum absolute atomic E-state index is 12.8. The standard InChI is InChI=1S/C22H27N3O2/c1-22(2)15-20(17-7-5-8-19(14-17)27-3)24-25(22)21(26)9-4-6-16-10-12-18(23)13-11-16/h5,7-8,10-14H,4,6,9,15,23H2,1-3H3. The number of nitrogen functional groups attached to an aromatic ring is 1. The molecule has 5 heteroatoms. The average molecular weight is 365 g/mol. The smallest absolute Gasteiger partial charge is 0.243 e. The number of anilines is 1. The van der Waals surface area contributed by atoms with Crippen LogP contribution in [0.1, 0.15) is 44.2 Å². The third-order valence-corrected chi connectivity index (χ3v) is 4.87. The molecule has 2 N–H and O–H groups in total. The van der Waals surface area contributed by atoms with Gasteiger partial charge in [-0.05, 0) is 56.5 Å². The number of methoxy groups -OCH3 is 1. The van der Waals surface area contributed by atoms with Crippen LogP contribution >= 0.6 is 0 Å². The average Bonchev–Trinajstić information content (AvgIpc) is 2.99. The lowest BCUT2D eigenvalue weighted by molar-refractivity contribution is -0.135. The number of hydrogen-bond acceptors (Lipinski definition) is 4. The third-order valence-electron chi connectivity index (χ3n) is 4.87. The van der Waals surface area contributed by atoms with Crippen LogP contribution in [0.25, 0.3) is 0 Å². The van der Waals surface area contributed by atoms with Gasteiger partial charge in [0.25, 0.3) is 0 Å². The van der Waals surface area contributed by atoms with Crippen LogP contribution in [0.3, 0.4) is 0 Å². The molecule has 3 rings (SSSR count). The van der Waals surface area contributed by atoms with Crippen molar-refractivity contribution in [2.45, 2.75) is 45.1 Å². The molecule has 0 aromatic heterocycles. The highest BCUT2D eigenvalue weighted by Crippen LogP contribution is 2.31. The first-order valence-electron chi connectivity index (χ1n) is 9.28. The lowest BCUT2D eigenvalue weighted by atomic mass is 9.94. The third kappa shape index (κ3) is 4.48. The Morgan fingerprint density at radius 2 is 1.96 bits per heavy atom. The largest absolute Gasteiger partial charge is 0.497 e. The van der Waals surface area contributed by atoms with E-state index < -0.39 is 0 Å². The Bertz CT molecular complexity index is 841. The van der Waals surface area contributed by atoms with Crippen molar-refractivity contribution in [1.29, 1.82) is 0 Å². The number of hydrogen-bond donors (Lipinski definition) is 1. The monoisotopic (exact) mass is 365 g/mol. The van der Waals surface area contributed by atoms with Gasteiger partial charge in [0.1, 0.15) is 5.75 Å². The Morgan fingerprint density at radius 1 is 1.22 bits per heavy atom. The normalized spacial score (nSPS) is 15.5. The highest BCUT2D eigenvalue weighted by atomic mass is 16.5. The van der Waals surface area contributed by atoms with Gasteiger partial charge in [0.05, 0.1) is 18.4 Å². The van der Waals surface area contributed by atoms with Gasteiger partial charge in [-0.15, -0.1) is 0 Å². The number of carbonyl (C=O) groups excluding carboxylic acids is 1. The fourth-order valence-corrected chi connectivity index (χ4v) is 3.37. The number of hydrazone groups is 1. The van der Waals surface area contributed by atoms with Crippen molar-refractivity contribution >= 4 is 17.3 Å². The Balaban J connectivity index is 1.65. The van der Waals surface area contributed by atoms with Gasteiger partial charge in [0.15, 0.2) is 0 Å². The SMILES string of the molecule is COc1cccc(C2=NN(C(=O)CCCc3ccc(N)cc3)C(C)(C)C2)c1. The molecule has 0 spiro atoms. The van der Waals surface area contributed by atoms with Crippen LogP contribution in [0.5, 0.6) is 5.75 Å². The quantitative estimate of drug-likeness (QED) is 0.786. The Kier molecular flexibility index (Phi) is 5.49. The van der Waals surface area contributed by atoms with Gasteiger partial charge in [-0.2, -0.15) is 5.10 Å². The molecule has 0 saturated carbocycles. The first-order valence-corrected chi connectivity index (χ1v) is 9.28. The Labute approximate surface area is 160 Å². The van der Waals surface area contributed by atoms with E-state index in [-0.39, 0.29) is 11.4 Å². The van der Waals surface area contributed by atoms with E-state index in [4.69, 9.17) is 10.5 Å². The Hall–Kier alpha value is -2.82. The summed E-state index contributed by atoms with van der Waals surface area (Å²) in [4.78, 5) is 12.8. The van der Waals surface area contributed by atoms with Crippen LogP contribution < -0.4 is 10.5 Å². The molecule has 0 unspecified atom stereocenters. The molecule has 0 fully saturated rings. The second kappa shape index (κ2) is 7.82. The summed E-state index contributed by atoms with van der Waals surface area (Å²) in [6.45, 7) is 4.11. The maximum Gasteiger partial charge on any atom is 0.243 e. The van der Waals surface area contributed by atoms with Crippen LogP contribution in [0.15, 0.2) is 53.6 Å². The highest BCUT2D eigenvalue weighted by molar-refractivity contribution is 6.03. The molecule has 0 bridgehead atoms. The van der Waals surface area contributed by atoms with Gasteiger partial charge in [-0.3, -0.25) is 4.79 Å². The zero-order valence-corrected chi connectivity index (χ0v) is 16.2.